The third-order valence-corrected chi connectivity index (χ3v) is 5.94. The van der Waals surface area contributed by atoms with E-state index in [1.54, 1.807) is 0 Å². The Morgan fingerprint density at radius 2 is 1.00 bits per heavy atom. The van der Waals surface area contributed by atoms with Gasteiger partial charge in [-0.05, 0) is 49.4 Å². The largest absolute Gasteiger partial charge is 0.462 e. The molecular formula is C24H44O4. The van der Waals surface area contributed by atoms with Crippen molar-refractivity contribution in [1.82, 2.24) is 0 Å². The highest BCUT2D eigenvalue weighted by Gasteiger charge is 2.36. The van der Waals surface area contributed by atoms with E-state index >= 15 is 0 Å². The first kappa shape index (κ1) is 25.0. The van der Waals surface area contributed by atoms with Crippen molar-refractivity contribution in [2.45, 2.75) is 119 Å². The maximum absolute atomic E-state index is 12.7. The SMILES string of the molecule is CCCC(OC(=O)C1CCC(C(=O)OC(CCC)C(C)(C)C)CC1)C(C)(C)C. The first-order chi connectivity index (χ1) is 12.9. The Kier molecular flexibility index (Phi) is 9.49. The minimum atomic E-state index is -0.0845. The lowest BCUT2D eigenvalue weighted by atomic mass is 9.81. The van der Waals surface area contributed by atoms with E-state index in [1.807, 2.05) is 0 Å². The predicted octanol–water partition coefficient (Wildman–Crippen LogP) is 6.31. The summed E-state index contributed by atoms with van der Waals surface area (Å²) in [6, 6.07) is 0. The molecule has 4 nitrogen and oxygen atoms in total. The summed E-state index contributed by atoms with van der Waals surface area (Å²) < 4.78 is 11.8. The van der Waals surface area contributed by atoms with Gasteiger partial charge in [-0.15, -0.1) is 0 Å². The summed E-state index contributed by atoms with van der Waals surface area (Å²) >= 11 is 0. The Labute approximate surface area is 173 Å². The molecule has 0 radical (unpaired) electrons. The second-order valence-electron chi connectivity index (χ2n) is 10.7. The van der Waals surface area contributed by atoms with Crippen LogP contribution in [-0.2, 0) is 19.1 Å². The maximum atomic E-state index is 12.7. The summed E-state index contributed by atoms with van der Waals surface area (Å²) in [7, 11) is 0. The molecule has 1 saturated carbocycles. The summed E-state index contributed by atoms with van der Waals surface area (Å²) in [6.07, 6.45) is 6.56. The van der Waals surface area contributed by atoms with Crippen LogP contribution in [0.1, 0.15) is 107 Å². The Balaban J connectivity index is 2.57. The van der Waals surface area contributed by atoms with Gasteiger partial charge >= 0.3 is 11.9 Å². The highest BCUT2D eigenvalue weighted by atomic mass is 16.5. The lowest BCUT2D eigenvalue weighted by Crippen LogP contribution is -2.37. The molecule has 1 aliphatic carbocycles. The van der Waals surface area contributed by atoms with Crippen LogP contribution in [0.5, 0.6) is 0 Å². The molecule has 0 spiro atoms. The summed E-state index contributed by atoms with van der Waals surface area (Å²) in [6.45, 7) is 17.0. The van der Waals surface area contributed by atoms with Gasteiger partial charge in [0, 0.05) is 0 Å². The average molecular weight is 397 g/mol. The minimum Gasteiger partial charge on any atom is -0.462 e. The molecule has 164 valence electrons. The number of rotatable bonds is 8. The molecular weight excluding hydrogens is 352 g/mol. The monoisotopic (exact) mass is 396 g/mol. The van der Waals surface area contributed by atoms with Crippen molar-refractivity contribution in [3.05, 3.63) is 0 Å². The van der Waals surface area contributed by atoms with Crippen LogP contribution in [0.3, 0.4) is 0 Å². The zero-order chi connectivity index (χ0) is 21.5. The van der Waals surface area contributed by atoms with Crippen molar-refractivity contribution in [3.8, 4) is 0 Å². The standard InChI is InChI=1S/C24H44O4/c1-9-11-19(23(3,4)5)27-21(25)17-13-15-18(16-14-17)22(26)28-20(12-10-2)24(6,7)8/h17-20H,9-16H2,1-8H3. The zero-order valence-electron chi connectivity index (χ0n) is 19.6. The topological polar surface area (TPSA) is 52.6 Å². The molecule has 1 fully saturated rings. The first-order valence-corrected chi connectivity index (χ1v) is 11.3. The van der Waals surface area contributed by atoms with E-state index in [4.69, 9.17) is 9.47 Å². The second kappa shape index (κ2) is 10.6. The van der Waals surface area contributed by atoms with Crippen LogP contribution in [-0.4, -0.2) is 24.1 Å². The molecule has 0 N–H and O–H groups in total. The van der Waals surface area contributed by atoms with Crippen molar-refractivity contribution >= 4 is 11.9 Å². The van der Waals surface area contributed by atoms with Crippen LogP contribution in [0.2, 0.25) is 0 Å². The van der Waals surface area contributed by atoms with E-state index < -0.39 is 0 Å². The third-order valence-electron chi connectivity index (χ3n) is 5.94. The normalized spacial score (nSPS) is 23.0. The average Bonchev–Trinajstić information content (AvgIpc) is 2.59. The maximum Gasteiger partial charge on any atom is 0.309 e. The van der Waals surface area contributed by atoms with E-state index in [0.29, 0.717) is 0 Å². The molecule has 2 unspecified atom stereocenters. The quantitative estimate of drug-likeness (QED) is 0.451. The molecule has 0 aliphatic heterocycles. The second-order valence-corrected chi connectivity index (χ2v) is 10.7. The summed E-state index contributed by atoms with van der Waals surface area (Å²) in [4.78, 5) is 25.3. The molecule has 28 heavy (non-hydrogen) atoms. The fraction of sp³-hybridized carbons (Fsp3) is 0.917. The summed E-state index contributed by atoms with van der Waals surface area (Å²) in [5.74, 6) is -0.336. The van der Waals surface area contributed by atoms with E-state index in [1.165, 1.54) is 0 Å². The molecule has 0 aromatic carbocycles. The Hall–Kier alpha value is -1.06. The predicted molar refractivity (Wildman–Crippen MR) is 114 cm³/mol. The lowest BCUT2D eigenvalue weighted by molar-refractivity contribution is -0.167. The molecule has 0 aromatic rings. The molecule has 0 saturated heterocycles. The number of carbonyl (C=O) groups is 2. The Morgan fingerprint density at radius 3 is 1.21 bits per heavy atom. The molecule has 2 atom stereocenters. The number of esters is 2. The Morgan fingerprint density at radius 1 is 0.714 bits per heavy atom. The molecule has 0 bridgehead atoms. The highest BCUT2D eigenvalue weighted by molar-refractivity contribution is 5.75. The zero-order valence-corrected chi connectivity index (χ0v) is 19.6. The molecule has 0 amide bonds. The van der Waals surface area contributed by atoms with Gasteiger partial charge in [0.15, 0.2) is 0 Å². The fourth-order valence-electron chi connectivity index (χ4n) is 3.90. The Bertz CT molecular complexity index is 444. The van der Waals surface area contributed by atoms with Gasteiger partial charge in [-0.3, -0.25) is 9.59 Å². The van der Waals surface area contributed by atoms with Crippen molar-refractivity contribution < 1.29 is 19.1 Å². The van der Waals surface area contributed by atoms with Crippen molar-refractivity contribution in [2.24, 2.45) is 22.7 Å². The van der Waals surface area contributed by atoms with Gasteiger partial charge in [-0.1, -0.05) is 68.2 Å². The van der Waals surface area contributed by atoms with Gasteiger partial charge in [0.1, 0.15) is 12.2 Å². The van der Waals surface area contributed by atoms with Crippen LogP contribution >= 0.6 is 0 Å². The van der Waals surface area contributed by atoms with Crippen LogP contribution < -0.4 is 0 Å². The van der Waals surface area contributed by atoms with Gasteiger partial charge in [-0.2, -0.15) is 0 Å². The molecule has 4 heteroatoms. The number of hydrogen-bond acceptors (Lipinski definition) is 4. The number of ether oxygens (including phenoxy) is 2. The molecule has 0 aromatic heterocycles. The minimum absolute atomic E-state index is 0.0470. The first-order valence-electron chi connectivity index (χ1n) is 11.3. The van der Waals surface area contributed by atoms with Crippen molar-refractivity contribution in [2.75, 3.05) is 0 Å². The van der Waals surface area contributed by atoms with E-state index in [2.05, 4.69) is 55.4 Å². The molecule has 1 aliphatic rings. The van der Waals surface area contributed by atoms with Crippen LogP contribution in [0.25, 0.3) is 0 Å². The van der Waals surface area contributed by atoms with Gasteiger partial charge < -0.3 is 9.47 Å². The van der Waals surface area contributed by atoms with Gasteiger partial charge in [-0.25, -0.2) is 0 Å². The molecule has 1 rings (SSSR count). The van der Waals surface area contributed by atoms with Crippen molar-refractivity contribution in [1.29, 1.82) is 0 Å². The van der Waals surface area contributed by atoms with Gasteiger partial charge in [0.2, 0.25) is 0 Å². The smallest absolute Gasteiger partial charge is 0.309 e. The lowest BCUT2D eigenvalue weighted by Gasteiger charge is -2.34. The number of hydrogen-bond donors (Lipinski definition) is 0. The fourth-order valence-corrected chi connectivity index (χ4v) is 3.90. The third kappa shape index (κ3) is 7.75. The van der Waals surface area contributed by atoms with Crippen LogP contribution in [0.15, 0.2) is 0 Å². The summed E-state index contributed by atoms with van der Waals surface area (Å²) in [5, 5.41) is 0. The van der Waals surface area contributed by atoms with E-state index in [0.717, 1.165) is 51.4 Å². The number of carbonyl (C=O) groups excluding carboxylic acids is 2. The van der Waals surface area contributed by atoms with E-state index in [-0.39, 0.29) is 46.8 Å². The van der Waals surface area contributed by atoms with Gasteiger partial charge in [0.25, 0.3) is 0 Å². The van der Waals surface area contributed by atoms with Crippen LogP contribution in [0, 0.1) is 22.7 Å². The van der Waals surface area contributed by atoms with Crippen LogP contribution in [0.4, 0.5) is 0 Å². The van der Waals surface area contributed by atoms with Crippen molar-refractivity contribution in [3.63, 3.8) is 0 Å². The highest BCUT2D eigenvalue weighted by Crippen LogP contribution is 2.34. The van der Waals surface area contributed by atoms with E-state index in [9.17, 15) is 9.59 Å². The summed E-state index contributed by atoms with van der Waals surface area (Å²) in [5.41, 5.74) is -0.0954. The van der Waals surface area contributed by atoms with Gasteiger partial charge in [0.05, 0.1) is 11.8 Å². The molecule has 0 heterocycles.